The zero-order valence-corrected chi connectivity index (χ0v) is 12.8. The molecule has 3 heterocycles. The summed E-state index contributed by atoms with van der Waals surface area (Å²) in [5, 5.41) is 0. The molecule has 3 aliphatic rings. The lowest BCUT2D eigenvalue weighted by atomic mass is 10.1. The molecule has 0 aliphatic carbocycles. The summed E-state index contributed by atoms with van der Waals surface area (Å²) in [5.41, 5.74) is 0.830. The van der Waals surface area contributed by atoms with Crippen LogP contribution in [0.25, 0.3) is 0 Å². The van der Waals surface area contributed by atoms with Crippen LogP contribution in [0.2, 0.25) is 0 Å². The van der Waals surface area contributed by atoms with E-state index in [9.17, 15) is 13.6 Å². The molecule has 124 valence electrons. The standard InChI is InChI=1S/C16H18F2N2O3/c1-10-15(21)20-6-2-3-12(20)9-19(10)8-11-4-5-13-14(7-11)23-16(17,18)22-13/h4-5,7,10,12H,2-3,6,8-9H2,1H3/t10-,12-/m1/s1. The second kappa shape index (κ2) is 5.06. The normalized spacial score (nSPS) is 29.0. The van der Waals surface area contributed by atoms with Crippen LogP contribution in [0.3, 0.4) is 0 Å². The molecule has 0 unspecified atom stereocenters. The minimum atomic E-state index is -3.60. The first-order valence-electron chi connectivity index (χ1n) is 7.86. The van der Waals surface area contributed by atoms with Crippen LogP contribution < -0.4 is 9.47 Å². The van der Waals surface area contributed by atoms with Gasteiger partial charge in [0.2, 0.25) is 5.91 Å². The number of ether oxygens (including phenoxy) is 2. The molecule has 2 atom stereocenters. The van der Waals surface area contributed by atoms with Gasteiger partial charge in [-0.2, -0.15) is 0 Å². The van der Waals surface area contributed by atoms with Crippen LogP contribution in [0.5, 0.6) is 11.5 Å². The van der Waals surface area contributed by atoms with Crippen molar-refractivity contribution in [3.63, 3.8) is 0 Å². The molecular formula is C16H18F2N2O3. The number of carbonyl (C=O) groups excluding carboxylic acids is 1. The molecular weight excluding hydrogens is 306 g/mol. The summed E-state index contributed by atoms with van der Waals surface area (Å²) >= 11 is 0. The molecule has 0 bridgehead atoms. The first-order chi connectivity index (χ1) is 10.9. The van der Waals surface area contributed by atoms with Gasteiger partial charge >= 0.3 is 6.29 Å². The van der Waals surface area contributed by atoms with Gasteiger partial charge in [0.25, 0.3) is 0 Å². The fourth-order valence-electron chi connectivity index (χ4n) is 3.67. The van der Waals surface area contributed by atoms with Gasteiger partial charge in [-0.3, -0.25) is 9.69 Å². The maximum atomic E-state index is 13.1. The maximum absolute atomic E-state index is 13.1. The molecule has 0 radical (unpaired) electrons. The van der Waals surface area contributed by atoms with Crippen molar-refractivity contribution in [1.82, 2.24) is 9.80 Å². The van der Waals surface area contributed by atoms with E-state index in [4.69, 9.17) is 0 Å². The Morgan fingerprint density at radius 3 is 2.91 bits per heavy atom. The van der Waals surface area contributed by atoms with Crippen LogP contribution in [0.15, 0.2) is 18.2 Å². The summed E-state index contributed by atoms with van der Waals surface area (Å²) in [6.45, 7) is 4.09. The number of nitrogens with zero attached hydrogens (tertiary/aromatic N) is 2. The van der Waals surface area contributed by atoms with Crippen LogP contribution in [0, 0.1) is 0 Å². The number of hydrogen-bond acceptors (Lipinski definition) is 4. The minimum Gasteiger partial charge on any atom is -0.395 e. The number of fused-ring (bicyclic) bond motifs is 2. The number of hydrogen-bond donors (Lipinski definition) is 0. The average Bonchev–Trinajstić information content (AvgIpc) is 3.06. The topological polar surface area (TPSA) is 42.0 Å². The van der Waals surface area contributed by atoms with Crippen LogP contribution in [0.1, 0.15) is 25.3 Å². The molecule has 1 aromatic rings. The van der Waals surface area contributed by atoms with Crippen molar-refractivity contribution < 1.29 is 23.0 Å². The number of piperazine rings is 1. The molecule has 5 nitrogen and oxygen atoms in total. The predicted molar refractivity (Wildman–Crippen MR) is 77.3 cm³/mol. The van der Waals surface area contributed by atoms with E-state index in [-0.39, 0.29) is 29.5 Å². The van der Waals surface area contributed by atoms with Gasteiger partial charge < -0.3 is 14.4 Å². The van der Waals surface area contributed by atoms with Gasteiger partial charge in [-0.1, -0.05) is 6.07 Å². The third kappa shape index (κ3) is 2.52. The highest BCUT2D eigenvalue weighted by Gasteiger charge is 2.44. The van der Waals surface area contributed by atoms with E-state index >= 15 is 0 Å². The van der Waals surface area contributed by atoms with E-state index in [0.717, 1.165) is 31.5 Å². The monoisotopic (exact) mass is 324 g/mol. The molecule has 0 N–H and O–H groups in total. The summed E-state index contributed by atoms with van der Waals surface area (Å²) in [7, 11) is 0. The van der Waals surface area contributed by atoms with Crippen molar-refractivity contribution in [3.8, 4) is 11.5 Å². The van der Waals surface area contributed by atoms with Crippen LogP contribution in [-0.2, 0) is 11.3 Å². The number of carbonyl (C=O) groups is 1. The number of amides is 1. The van der Waals surface area contributed by atoms with Gasteiger partial charge in [-0.05, 0) is 37.5 Å². The average molecular weight is 324 g/mol. The van der Waals surface area contributed by atoms with E-state index in [1.165, 1.54) is 6.07 Å². The number of alkyl halides is 2. The molecule has 2 fully saturated rings. The lowest BCUT2D eigenvalue weighted by molar-refractivity contribution is -0.286. The summed E-state index contributed by atoms with van der Waals surface area (Å²) < 4.78 is 35.1. The molecule has 2 saturated heterocycles. The Morgan fingerprint density at radius 1 is 1.30 bits per heavy atom. The third-order valence-corrected chi connectivity index (χ3v) is 4.86. The zero-order valence-electron chi connectivity index (χ0n) is 12.8. The predicted octanol–water partition coefficient (Wildman–Crippen LogP) is 2.20. The Morgan fingerprint density at radius 2 is 2.09 bits per heavy atom. The molecule has 3 aliphatic heterocycles. The molecule has 7 heteroatoms. The van der Waals surface area contributed by atoms with E-state index in [1.807, 2.05) is 11.8 Å². The fraction of sp³-hybridized carbons (Fsp3) is 0.562. The SMILES string of the molecule is C[C@@H]1C(=O)N2CCC[C@@H]2CN1Cc1ccc2c(c1)OC(F)(F)O2. The van der Waals surface area contributed by atoms with Crippen molar-refractivity contribution in [2.75, 3.05) is 13.1 Å². The van der Waals surface area contributed by atoms with Crippen molar-refractivity contribution in [3.05, 3.63) is 23.8 Å². The maximum Gasteiger partial charge on any atom is 0.586 e. The first-order valence-corrected chi connectivity index (χ1v) is 7.86. The Kier molecular flexibility index (Phi) is 3.23. The van der Waals surface area contributed by atoms with Crippen LogP contribution in [0.4, 0.5) is 8.78 Å². The zero-order chi connectivity index (χ0) is 16.2. The smallest absolute Gasteiger partial charge is 0.395 e. The second-order valence-corrected chi connectivity index (χ2v) is 6.38. The number of halogens is 2. The van der Waals surface area contributed by atoms with Crippen molar-refractivity contribution in [2.24, 2.45) is 0 Å². The molecule has 0 aromatic heterocycles. The van der Waals surface area contributed by atoms with Gasteiger partial charge in [-0.25, -0.2) is 0 Å². The Labute approximate surface area is 132 Å². The van der Waals surface area contributed by atoms with Crippen LogP contribution >= 0.6 is 0 Å². The van der Waals surface area contributed by atoms with E-state index < -0.39 is 6.29 Å². The second-order valence-electron chi connectivity index (χ2n) is 6.38. The van der Waals surface area contributed by atoms with Crippen molar-refractivity contribution >= 4 is 5.91 Å². The third-order valence-electron chi connectivity index (χ3n) is 4.86. The summed E-state index contributed by atoms with van der Waals surface area (Å²) in [6.07, 6.45) is -1.52. The summed E-state index contributed by atoms with van der Waals surface area (Å²) in [4.78, 5) is 16.5. The minimum absolute atomic E-state index is 0.0449. The largest absolute Gasteiger partial charge is 0.586 e. The lowest BCUT2D eigenvalue weighted by Crippen LogP contribution is -2.58. The van der Waals surface area contributed by atoms with Gasteiger partial charge in [0.15, 0.2) is 11.5 Å². The van der Waals surface area contributed by atoms with Gasteiger partial charge in [0.1, 0.15) is 0 Å². The number of rotatable bonds is 2. The van der Waals surface area contributed by atoms with Crippen molar-refractivity contribution in [1.29, 1.82) is 0 Å². The molecule has 1 aromatic carbocycles. The molecule has 1 amide bonds. The van der Waals surface area contributed by atoms with Gasteiger partial charge in [-0.15, -0.1) is 8.78 Å². The highest BCUT2D eigenvalue weighted by Crippen LogP contribution is 2.41. The van der Waals surface area contributed by atoms with Crippen molar-refractivity contribution in [2.45, 2.75) is 44.7 Å². The Balaban J connectivity index is 1.51. The summed E-state index contributed by atoms with van der Waals surface area (Å²) in [6, 6.07) is 4.87. The highest BCUT2D eigenvalue weighted by molar-refractivity contribution is 5.83. The lowest BCUT2D eigenvalue weighted by Gasteiger charge is -2.41. The van der Waals surface area contributed by atoms with E-state index in [0.29, 0.717) is 6.54 Å². The highest BCUT2D eigenvalue weighted by atomic mass is 19.3. The van der Waals surface area contributed by atoms with E-state index in [2.05, 4.69) is 14.4 Å². The quantitative estimate of drug-likeness (QED) is 0.836. The van der Waals surface area contributed by atoms with Gasteiger partial charge in [0.05, 0.1) is 6.04 Å². The van der Waals surface area contributed by atoms with Crippen LogP contribution in [-0.4, -0.2) is 47.2 Å². The summed E-state index contributed by atoms with van der Waals surface area (Å²) in [5.74, 6) is 0.250. The van der Waals surface area contributed by atoms with E-state index in [1.54, 1.807) is 12.1 Å². The molecule has 0 spiro atoms. The molecule has 23 heavy (non-hydrogen) atoms. The number of benzene rings is 1. The first kappa shape index (κ1) is 14.7. The molecule has 4 rings (SSSR count). The molecule has 0 saturated carbocycles. The fourth-order valence-corrected chi connectivity index (χ4v) is 3.67. The Hall–Kier alpha value is -1.89. The van der Waals surface area contributed by atoms with Gasteiger partial charge in [0, 0.05) is 25.7 Å². The Bertz CT molecular complexity index is 652.